The Morgan fingerprint density at radius 3 is 2.88 bits per heavy atom. The van der Waals surface area contributed by atoms with E-state index >= 15 is 0 Å². The predicted octanol–water partition coefficient (Wildman–Crippen LogP) is 2.65. The van der Waals surface area contributed by atoms with Gasteiger partial charge in [0.2, 0.25) is 5.89 Å². The second-order valence-corrected chi connectivity index (χ2v) is 6.90. The number of ether oxygens (including phenoxy) is 1. The summed E-state index contributed by atoms with van der Waals surface area (Å²) in [4.78, 5) is 6.76. The van der Waals surface area contributed by atoms with E-state index in [1.165, 1.54) is 25.7 Å². The topological polar surface area (TPSA) is 69.2 Å². The van der Waals surface area contributed by atoms with Gasteiger partial charge in [0.25, 0.3) is 0 Å². The van der Waals surface area contributed by atoms with Gasteiger partial charge in [-0.2, -0.15) is 10.1 Å². The molecule has 0 aromatic carbocycles. The summed E-state index contributed by atoms with van der Waals surface area (Å²) in [5.74, 6) is 1.29. The maximum absolute atomic E-state index is 5.81. The number of morpholine rings is 1. The minimum atomic E-state index is -0.0171. The summed E-state index contributed by atoms with van der Waals surface area (Å²) in [6.45, 7) is 6.24. The molecule has 3 heterocycles. The SMILES string of the molecule is Cc1noc([C@@H]2[C@@H](C)OCCN2Cc2ccn(C3CCCC3)n2)n1. The van der Waals surface area contributed by atoms with E-state index in [9.17, 15) is 0 Å². The number of aryl methyl sites for hydroxylation is 1. The van der Waals surface area contributed by atoms with E-state index in [1.807, 2.05) is 6.92 Å². The molecule has 0 N–H and O–H groups in total. The van der Waals surface area contributed by atoms with Crippen molar-refractivity contribution in [2.45, 2.75) is 64.3 Å². The molecule has 0 radical (unpaired) electrons. The highest BCUT2D eigenvalue weighted by Crippen LogP contribution is 2.31. The van der Waals surface area contributed by atoms with Gasteiger partial charge in [-0.3, -0.25) is 9.58 Å². The van der Waals surface area contributed by atoms with Gasteiger partial charge in [0.15, 0.2) is 5.82 Å². The molecule has 0 amide bonds. The van der Waals surface area contributed by atoms with E-state index in [1.54, 1.807) is 0 Å². The Bertz CT molecular complexity index is 676. The van der Waals surface area contributed by atoms with Gasteiger partial charge < -0.3 is 9.26 Å². The van der Waals surface area contributed by atoms with E-state index in [2.05, 4.69) is 38.9 Å². The number of hydrogen-bond acceptors (Lipinski definition) is 6. The maximum Gasteiger partial charge on any atom is 0.246 e. The summed E-state index contributed by atoms with van der Waals surface area (Å²) in [5.41, 5.74) is 1.09. The van der Waals surface area contributed by atoms with E-state index in [0.717, 1.165) is 18.8 Å². The third kappa shape index (κ3) is 3.10. The van der Waals surface area contributed by atoms with Gasteiger partial charge in [0.05, 0.1) is 24.4 Å². The summed E-state index contributed by atoms with van der Waals surface area (Å²) >= 11 is 0. The predicted molar refractivity (Wildman–Crippen MR) is 87.3 cm³/mol. The first-order valence-corrected chi connectivity index (χ1v) is 8.90. The number of hydrogen-bond donors (Lipinski definition) is 0. The fraction of sp³-hybridized carbons (Fsp3) is 0.706. The quantitative estimate of drug-likeness (QED) is 0.858. The molecule has 0 spiro atoms. The molecule has 2 atom stereocenters. The Hall–Kier alpha value is -1.73. The normalized spacial score (nSPS) is 26.2. The molecule has 1 aliphatic carbocycles. The molecular weight excluding hydrogens is 306 g/mol. The standard InChI is InChI=1S/C17H25N5O2/c1-12-16(17-18-13(2)20-24-17)21(9-10-23-12)11-14-7-8-22(19-14)15-5-3-4-6-15/h7-8,12,15-16H,3-6,9-11H2,1-2H3/t12-,16+/m1/s1. The number of rotatable bonds is 4. The molecule has 130 valence electrons. The van der Waals surface area contributed by atoms with Crippen molar-refractivity contribution in [1.82, 2.24) is 24.8 Å². The molecule has 7 heteroatoms. The van der Waals surface area contributed by atoms with E-state index < -0.39 is 0 Å². The molecule has 4 rings (SSSR count). The van der Waals surface area contributed by atoms with Crippen LogP contribution in [0.25, 0.3) is 0 Å². The van der Waals surface area contributed by atoms with Crippen LogP contribution in [0.15, 0.2) is 16.8 Å². The van der Waals surface area contributed by atoms with Crippen molar-refractivity contribution in [3.05, 3.63) is 29.7 Å². The molecule has 2 aromatic rings. The molecule has 2 fully saturated rings. The monoisotopic (exact) mass is 331 g/mol. The van der Waals surface area contributed by atoms with Crippen molar-refractivity contribution in [2.24, 2.45) is 0 Å². The first-order chi connectivity index (χ1) is 11.7. The van der Waals surface area contributed by atoms with Crippen molar-refractivity contribution in [3.63, 3.8) is 0 Å². The van der Waals surface area contributed by atoms with Crippen LogP contribution >= 0.6 is 0 Å². The summed E-state index contributed by atoms with van der Waals surface area (Å²) in [6.07, 6.45) is 7.29. The van der Waals surface area contributed by atoms with Crippen molar-refractivity contribution in [3.8, 4) is 0 Å². The Balaban J connectivity index is 1.51. The molecule has 24 heavy (non-hydrogen) atoms. The number of aromatic nitrogens is 4. The maximum atomic E-state index is 5.81. The lowest BCUT2D eigenvalue weighted by Crippen LogP contribution is -2.43. The van der Waals surface area contributed by atoms with Gasteiger partial charge in [-0.25, -0.2) is 0 Å². The van der Waals surface area contributed by atoms with Gasteiger partial charge in [0.1, 0.15) is 6.04 Å². The zero-order valence-corrected chi connectivity index (χ0v) is 14.4. The molecule has 1 aliphatic heterocycles. The van der Waals surface area contributed by atoms with Crippen LogP contribution in [0.3, 0.4) is 0 Å². The summed E-state index contributed by atoms with van der Waals surface area (Å²) in [7, 11) is 0. The van der Waals surface area contributed by atoms with Crippen molar-refractivity contribution >= 4 is 0 Å². The van der Waals surface area contributed by atoms with Crippen LogP contribution in [0, 0.1) is 6.92 Å². The van der Waals surface area contributed by atoms with Crippen LogP contribution in [-0.4, -0.2) is 44.1 Å². The highest BCUT2D eigenvalue weighted by atomic mass is 16.5. The molecule has 1 saturated heterocycles. The zero-order valence-electron chi connectivity index (χ0n) is 14.4. The zero-order chi connectivity index (χ0) is 16.5. The molecule has 7 nitrogen and oxygen atoms in total. The molecule has 1 saturated carbocycles. The minimum absolute atomic E-state index is 0.0171. The van der Waals surface area contributed by atoms with E-state index in [0.29, 0.717) is 24.4 Å². The van der Waals surface area contributed by atoms with Crippen LogP contribution in [0.5, 0.6) is 0 Å². The average molecular weight is 331 g/mol. The Morgan fingerprint density at radius 2 is 2.12 bits per heavy atom. The van der Waals surface area contributed by atoms with E-state index in [-0.39, 0.29) is 12.1 Å². The molecule has 2 aliphatic rings. The van der Waals surface area contributed by atoms with Gasteiger partial charge in [-0.1, -0.05) is 18.0 Å². The lowest BCUT2D eigenvalue weighted by Gasteiger charge is -2.37. The second-order valence-electron chi connectivity index (χ2n) is 6.90. The highest BCUT2D eigenvalue weighted by Gasteiger charge is 2.35. The van der Waals surface area contributed by atoms with Crippen LogP contribution in [-0.2, 0) is 11.3 Å². The van der Waals surface area contributed by atoms with Gasteiger partial charge >= 0.3 is 0 Å². The first kappa shape index (κ1) is 15.8. The van der Waals surface area contributed by atoms with Gasteiger partial charge in [0, 0.05) is 19.3 Å². The largest absolute Gasteiger partial charge is 0.375 e. The molecule has 2 aromatic heterocycles. The van der Waals surface area contributed by atoms with Gasteiger partial charge in [-0.05, 0) is 32.8 Å². The first-order valence-electron chi connectivity index (χ1n) is 8.90. The second kappa shape index (κ2) is 6.64. The molecular formula is C17H25N5O2. The third-order valence-corrected chi connectivity index (χ3v) is 5.12. The lowest BCUT2D eigenvalue weighted by molar-refractivity contribution is -0.0767. The fourth-order valence-corrected chi connectivity index (χ4v) is 3.89. The minimum Gasteiger partial charge on any atom is -0.375 e. The lowest BCUT2D eigenvalue weighted by atomic mass is 10.1. The summed E-state index contributed by atoms with van der Waals surface area (Å²) in [5, 5.41) is 8.75. The Labute approximate surface area is 142 Å². The summed E-state index contributed by atoms with van der Waals surface area (Å²) < 4.78 is 13.4. The van der Waals surface area contributed by atoms with Crippen molar-refractivity contribution < 1.29 is 9.26 Å². The van der Waals surface area contributed by atoms with E-state index in [4.69, 9.17) is 14.4 Å². The number of nitrogens with zero attached hydrogens (tertiary/aromatic N) is 5. The highest BCUT2D eigenvalue weighted by molar-refractivity contribution is 5.04. The van der Waals surface area contributed by atoms with Crippen LogP contribution < -0.4 is 0 Å². The van der Waals surface area contributed by atoms with Crippen molar-refractivity contribution in [2.75, 3.05) is 13.2 Å². The molecule has 0 bridgehead atoms. The Kier molecular flexibility index (Phi) is 4.37. The smallest absolute Gasteiger partial charge is 0.246 e. The summed E-state index contributed by atoms with van der Waals surface area (Å²) in [6, 6.07) is 2.70. The van der Waals surface area contributed by atoms with Crippen LogP contribution in [0.1, 0.15) is 62.1 Å². The third-order valence-electron chi connectivity index (χ3n) is 5.12. The van der Waals surface area contributed by atoms with Crippen LogP contribution in [0.4, 0.5) is 0 Å². The van der Waals surface area contributed by atoms with Crippen molar-refractivity contribution in [1.29, 1.82) is 0 Å². The Morgan fingerprint density at radius 1 is 1.29 bits per heavy atom. The average Bonchev–Trinajstić information content (AvgIpc) is 3.28. The van der Waals surface area contributed by atoms with Crippen LogP contribution in [0.2, 0.25) is 0 Å². The molecule has 0 unspecified atom stereocenters. The fourth-order valence-electron chi connectivity index (χ4n) is 3.89. The van der Waals surface area contributed by atoms with Gasteiger partial charge in [-0.15, -0.1) is 0 Å².